The number of alkyl halides is 1. The van der Waals surface area contributed by atoms with Crippen LogP contribution in [0.15, 0.2) is 36.4 Å². The van der Waals surface area contributed by atoms with E-state index in [2.05, 4.69) is 4.98 Å². The van der Waals surface area contributed by atoms with E-state index in [0.29, 0.717) is 6.42 Å². The predicted molar refractivity (Wildman–Crippen MR) is 79.4 cm³/mol. The van der Waals surface area contributed by atoms with Crippen molar-refractivity contribution >= 4 is 32.3 Å². The van der Waals surface area contributed by atoms with Crippen LogP contribution in [0.2, 0.25) is 0 Å². The van der Waals surface area contributed by atoms with Crippen molar-refractivity contribution < 1.29 is 8.42 Å². The fourth-order valence-electron chi connectivity index (χ4n) is 1.86. The Bertz CT molecular complexity index is 685. The Kier molecular flexibility index (Phi) is 4.11. The molecule has 0 saturated heterocycles. The molecule has 2 atom stereocenters. The summed E-state index contributed by atoms with van der Waals surface area (Å²) in [4.78, 5) is 4.50. The highest BCUT2D eigenvalue weighted by molar-refractivity contribution is 7.91. The smallest absolute Gasteiger partial charge is 0.151 e. The lowest BCUT2D eigenvalue weighted by atomic mass is 10.1. The van der Waals surface area contributed by atoms with Crippen molar-refractivity contribution in [2.24, 2.45) is 0 Å². The molecule has 3 nitrogen and oxygen atoms in total. The monoisotopic (exact) mass is 297 g/mol. The number of hydrogen-bond acceptors (Lipinski definition) is 3. The zero-order valence-corrected chi connectivity index (χ0v) is 12.4. The van der Waals surface area contributed by atoms with E-state index in [9.17, 15) is 8.42 Å². The first-order valence-corrected chi connectivity index (χ1v) is 8.44. The van der Waals surface area contributed by atoms with Crippen molar-refractivity contribution in [1.29, 1.82) is 0 Å². The quantitative estimate of drug-likeness (QED) is 0.815. The van der Waals surface area contributed by atoms with Crippen LogP contribution >= 0.6 is 11.6 Å². The van der Waals surface area contributed by atoms with Gasteiger partial charge >= 0.3 is 0 Å². The molecule has 0 amide bonds. The van der Waals surface area contributed by atoms with Gasteiger partial charge in [0.05, 0.1) is 16.1 Å². The molecule has 0 bridgehead atoms. The molecule has 0 radical (unpaired) electrons. The van der Waals surface area contributed by atoms with Gasteiger partial charge in [0.25, 0.3) is 0 Å². The van der Waals surface area contributed by atoms with Gasteiger partial charge < -0.3 is 0 Å². The average Bonchev–Trinajstić information content (AvgIpc) is 2.36. The Morgan fingerprint density at radius 2 is 1.89 bits per heavy atom. The standard InChI is InChI=1S/C14H16ClNO2S/c1-10(19(2,17)18)13(15)9-12-8-7-11-5-3-4-6-14(11)16-12/h3-8,10,13H,9H2,1-2H3. The molecule has 2 aromatic rings. The van der Waals surface area contributed by atoms with Crippen molar-refractivity contribution in [1.82, 2.24) is 4.98 Å². The van der Waals surface area contributed by atoms with Crippen LogP contribution in [0.4, 0.5) is 0 Å². The summed E-state index contributed by atoms with van der Waals surface area (Å²) in [6.45, 7) is 1.63. The molecule has 0 spiro atoms. The third-order valence-corrected chi connectivity index (χ3v) is 5.61. The van der Waals surface area contributed by atoms with Crippen molar-refractivity contribution in [3.8, 4) is 0 Å². The Morgan fingerprint density at radius 3 is 2.58 bits per heavy atom. The number of benzene rings is 1. The van der Waals surface area contributed by atoms with E-state index in [4.69, 9.17) is 11.6 Å². The Hall–Kier alpha value is -1.13. The van der Waals surface area contributed by atoms with Gasteiger partial charge in [0.2, 0.25) is 0 Å². The normalized spacial score (nSPS) is 15.3. The van der Waals surface area contributed by atoms with Crippen molar-refractivity contribution in [3.63, 3.8) is 0 Å². The maximum absolute atomic E-state index is 11.5. The van der Waals surface area contributed by atoms with E-state index >= 15 is 0 Å². The van der Waals surface area contributed by atoms with Crippen LogP contribution in [0.5, 0.6) is 0 Å². The fraction of sp³-hybridized carbons (Fsp3) is 0.357. The summed E-state index contributed by atoms with van der Waals surface area (Å²) in [5, 5.41) is 0.0135. The number of aromatic nitrogens is 1. The van der Waals surface area contributed by atoms with Gasteiger partial charge in [-0.05, 0) is 19.1 Å². The number of hydrogen-bond donors (Lipinski definition) is 0. The summed E-state index contributed by atoms with van der Waals surface area (Å²) in [6.07, 6.45) is 1.65. The van der Waals surface area contributed by atoms with Gasteiger partial charge in [-0.1, -0.05) is 24.3 Å². The molecular formula is C14H16ClNO2S. The number of sulfone groups is 1. The minimum Gasteiger partial charge on any atom is -0.253 e. The first-order chi connectivity index (χ1) is 8.88. The van der Waals surface area contributed by atoms with E-state index in [1.807, 2.05) is 36.4 Å². The molecule has 19 heavy (non-hydrogen) atoms. The van der Waals surface area contributed by atoms with E-state index < -0.39 is 20.5 Å². The highest BCUT2D eigenvalue weighted by Crippen LogP contribution is 2.18. The van der Waals surface area contributed by atoms with Crippen molar-refractivity contribution in [3.05, 3.63) is 42.1 Å². The van der Waals surface area contributed by atoms with E-state index in [1.165, 1.54) is 6.26 Å². The van der Waals surface area contributed by atoms with Gasteiger partial charge in [-0.15, -0.1) is 11.6 Å². The third kappa shape index (κ3) is 3.45. The average molecular weight is 298 g/mol. The molecule has 0 aliphatic carbocycles. The second kappa shape index (κ2) is 5.47. The third-order valence-electron chi connectivity index (χ3n) is 3.24. The summed E-state index contributed by atoms with van der Waals surface area (Å²) < 4.78 is 22.9. The number of halogens is 1. The Balaban J connectivity index is 2.22. The maximum Gasteiger partial charge on any atom is 0.151 e. The van der Waals surface area contributed by atoms with Gasteiger partial charge in [-0.3, -0.25) is 4.98 Å². The van der Waals surface area contributed by atoms with Gasteiger partial charge in [0.1, 0.15) is 0 Å². The van der Waals surface area contributed by atoms with Gasteiger partial charge in [-0.2, -0.15) is 0 Å². The van der Waals surface area contributed by atoms with Gasteiger partial charge in [-0.25, -0.2) is 8.42 Å². The second-order valence-electron chi connectivity index (χ2n) is 4.75. The largest absolute Gasteiger partial charge is 0.253 e. The zero-order valence-electron chi connectivity index (χ0n) is 10.9. The number of rotatable bonds is 4. The van der Waals surface area contributed by atoms with Crippen LogP contribution in [0.3, 0.4) is 0 Å². The molecule has 5 heteroatoms. The first-order valence-electron chi connectivity index (χ1n) is 6.05. The van der Waals surface area contributed by atoms with Crippen molar-refractivity contribution in [2.45, 2.75) is 24.0 Å². The van der Waals surface area contributed by atoms with E-state index in [1.54, 1.807) is 6.92 Å². The van der Waals surface area contributed by atoms with Crippen LogP contribution in [0, 0.1) is 0 Å². The Morgan fingerprint density at radius 1 is 1.21 bits per heavy atom. The SMILES string of the molecule is CC(C(Cl)Cc1ccc2ccccc2n1)S(C)(=O)=O. The molecular weight excluding hydrogens is 282 g/mol. The molecule has 102 valence electrons. The molecule has 2 unspecified atom stereocenters. The summed E-state index contributed by atoms with van der Waals surface area (Å²) in [6, 6.07) is 11.7. The molecule has 2 rings (SSSR count). The molecule has 0 N–H and O–H groups in total. The van der Waals surface area contributed by atoms with E-state index in [-0.39, 0.29) is 0 Å². The van der Waals surface area contributed by atoms with Crippen LogP contribution in [0.1, 0.15) is 12.6 Å². The molecule has 1 aromatic carbocycles. The molecule has 0 saturated carbocycles. The summed E-state index contributed by atoms with van der Waals surface area (Å²) in [5.74, 6) is 0. The summed E-state index contributed by atoms with van der Waals surface area (Å²) in [7, 11) is -3.12. The van der Waals surface area contributed by atoms with Crippen LogP contribution < -0.4 is 0 Å². The zero-order chi connectivity index (χ0) is 14.0. The first kappa shape index (κ1) is 14.3. The Labute approximate surface area is 118 Å². The van der Waals surface area contributed by atoms with Gasteiger partial charge in [0.15, 0.2) is 9.84 Å². The number of nitrogens with zero attached hydrogens (tertiary/aromatic N) is 1. The lowest BCUT2D eigenvalue weighted by molar-refractivity contribution is 0.584. The highest BCUT2D eigenvalue weighted by Gasteiger charge is 2.24. The molecule has 1 heterocycles. The van der Waals surface area contributed by atoms with Crippen molar-refractivity contribution in [2.75, 3.05) is 6.26 Å². The number of pyridine rings is 1. The minimum atomic E-state index is -3.12. The molecule has 0 aliphatic heterocycles. The predicted octanol–water partition coefficient (Wildman–Crippen LogP) is 2.82. The van der Waals surface area contributed by atoms with Crippen LogP contribution in [-0.4, -0.2) is 30.3 Å². The maximum atomic E-state index is 11.5. The molecule has 0 aliphatic rings. The van der Waals surface area contributed by atoms with Crippen LogP contribution in [-0.2, 0) is 16.3 Å². The van der Waals surface area contributed by atoms with Gasteiger partial charge in [0, 0.05) is 23.8 Å². The lowest BCUT2D eigenvalue weighted by Crippen LogP contribution is -2.28. The second-order valence-corrected chi connectivity index (χ2v) is 7.71. The fourth-order valence-corrected chi connectivity index (χ4v) is 3.21. The van der Waals surface area contributed by atoms with E-state index in [0.717, 1.165) is 16.6 Å². The summed E-state index contributed by atoms with van der Waals surface area (Å²) in [5.41, 5.74) is 1.71. The lowest BCUT2D eigenvalue weighted by Gasteiger charge is -2.15. The summed E-state index contributed by atoms with van der Waals surface area (Å²) >= 11 is 6.18. The molecule has 0 fully saturated rings. The number of fused-ring (bicyclic) bond motifs is 1. The number of para-hydroxylation sites is 1. The topological polar surface area (TPSA) is 47.0 Å². The minimum absolute atomic E-state index is 0.445. The molecule has 1 aromatic heterocycles. The van der Waals surface area contributed by atoms with Crippen LogP contribution in [0.25, 0.3) is 10.9 Å². The highest BCUT2D eigenvalue weighted by atomic mass is 35.5.